The minimum absolute atomic E-state index is 0.514. The number of guanidine groups is 1. The van der Waals surface area contributed by atoms with Gasteiger partial charge in [0.25, 0.3) is 0 Å². The third-order valence-electron chi connectivity index (χ3n) is 5.05. The second kappa shape index (κ2) is 11.6. The molecule has 0 atom stereocenters. The monoisotopic (exact) mass is 399 g/mol. The highest BCUT2D eigenvalue weighted by Crippen LogP contribution is 2.18. The number of nitrogens with zero attached hydrogens (tertiary/aromatic N) is 3. The second-order valence-corrected chi connectivity index (χ2v) is 7.70. The molecular formula is C23H37N5O. The number of aliphatic imine (C=N–C) groups is 1. The van der Waals surface area contributed by atoms with Crippen LogP contribution in [0.3, 0.4) is 0 Å². The number of hydrogen-bond acceptors (Lipinski definition) is 3. The van der Waals surface area contributed by atoms with Crippen LogP contribution < -0.4 is 10.6 Å². The predicted octanol–water partition coefficient (Wildman–Crippen LogP) is 3.63. The summed E-state index contributed by atoms with van der Waals surface area (Å²) in [4.78, 5) is 9.01. The highest BCUT2D eigenvalue weighted by molar-refractivity contribution is 5.79. The molecule has 0 fully saturated rings. The van der Waals surface area contributed by atoms with E-state index in [9.17, 15) is 5.11 Å². The molecule has 2 rings (SSSR count). The van der Waals surface area contributed by atoms with E-state index < -0.39 is 5.60 Å². The number of hydrogen-bond donors (Lipinski definition) is 3. The van der Waals surface area contributed by atoms with Gasteiger partial charge in [0.15, 0.2) is 5.96 Å². The molecule has 6 heteroatoms. The zero-order valence-corrected chi connectivity index (χ0v) is 18.4. The van der Waals surface area contributed by atoms with E-state index in [0.29, 0.717) is 13.1 Å². The summed E-state index contributed by atoms with van der Waals surface area (Å²) in [5, 5.41) is 17.5. The third-order valence-corrected chi connectivity index (χ3v) is 5.05. The lowest BCUT2D eigenvalue weighted by molar-refractivity contribution is 0.0257. The van der Waals surface area contributed by atoms with E-state index in [1.807, 2.05) is 19.3 Å². The lowest BCUT2D eigenvalue weighted by Crippen LogP contribution is -2.47. The van der Waals surface area contributed by atoms with Crippen molar-refractivity contribution < 1.29 is 5.11 Å². The molecule has 0 saturated carbocycles. The Morgan fingerprint density at radius 2 is 1.86 bits per heavy atom. The number of imidazole rings is 1. The Bertz CT molecular complexity index is 762. The molecule has 0 aliphatic rings. The largest absolute Gasteiger partial charge is 0.388 e. The third kappa shape index (κ3) is 7.54. The highest BCUT2D eigenvalue weighted by Gasteiger charge is 2.24. The number of aliphatic hydroxyl groups is 1. The molecule has 1 heterocycles. The van der Waals surface area contributed by atoms with Crippen LogP contribution in [0.15, 0.2) is 41.7 Å². The number of benzene rings is 1. The zero-order valence-electron chi connectivity index (χ0n) is 18.4. The van der Waals surface area contributed by atoms with Gasteiger partial charge in [0.1, 0.15) is 5.82 Å². The van der Waals surface area contributed by atoms with Gasteiger partial charge in [-0.05, 0) is 37.8 Å². The molecule has 0 aliphatic carbocycles. The summed E-state index contributed by atoms with van der Waals surface area (Å²) in [5.74, 6) is 1.76. The maximum absolute atomic E-state index is 10.8. The summed E-state index contributed by atoms with van der Waals surface area (Å²) < 4.78 is 2.14. The molecule has 0 amide bonds. The standard InChI is InChI=1S/C23H37N5O/c1-5-11-23(29,12-6-2)18-27-22(24-7-3)26-16-20-9-8-10-21(15-20)17-28-14-13-25-19(28)4/h8-10,13-15,29H,5-7,11-12,16-18H2,1-4H3,(H2,24,26,27). The van der Waals surface area contributed by atoms with E-state index in [2.05, 4.69) is 65.2 Å². The second-order valence-electron chi connectivity index (χ2n) is 7.70. The molecule has 0 bridgehead atoms. The van der Waals surface area contributed by atoms with Crippen molar-refractivity contribution in [3.05, 3.63) is 53.6 Å². The van der Waals surface area contributed by atoms with Crippen molar-refractivity contribution in [2.24, 2.45) is 4.99 Å². The van der Waals surface area contributed by atoms with Gasteiger partial charge in [-0.15, -0.1) is 0 Å². The van der Waals surface area contributed by atoms with Crippen LogP contribution in [0.4, 0.5) is 0 Å². The molecule has 2 aromatic rings. The average Bonchev–Trinajstić information content (AvgIpc) is 3.09. The first-order chi connectivity index (χ1) is 14.0. The average molecular weight is 400 g/mol. The van der Waals surface area contributed by atoms with E-state index >= 15 is 0 Å². The summed E-state index contributed by atoms with van der Waals surface area (Å²) >= 11 is 0. The molecule has 6 nitrogen and oxygen atoms in total. The molecule has 160 valence electrons. The SMILES string of the molecule is CCCC(O)(CCC)CNC(=NCc1cccc(Cn2ccnc2C)c1)NCC. The summed E-state index contributed by atoms with van der Waals surface area (Å²) in [7, 11) is 0. The highest BCUT2D eigenvalue weighted by atomic mass is 16.3. The lowest BCUT2D eigenvalue weighted by atomic mass is 9.93. The Morgan fingerprint density at radius 1 is 1.14 bits per heavy atom. The van der Waals surface area contributed by atoms with E-state index in [4.69, 9.17) is 4.99 Å². The summed E-state index contributed by atoms with van der Waals surface area (Å²) in [6.07, 6.45) is 7.35. The van der Waals surface area contributed by atoms with Crippen molar-refractivity contribution in [3.63, 3.8) is 0 Å². The zero-order chi connectivity index (χ0) is 21.1. The Hall–Kier alpha value is -2.34. The number of rotatable bonds is 11. The molecule has 1 aromatic heterocycles. The van der Waals surface area contributed by atoms with Gasteiger partial charge in [0.2, 0.25) is 0 Å². The lowest BCUT2D eigenvalue weighted by Gasteiger charge is -2.28. The molecule has 1 aromatic carbocycles. The van der Waals surface area contributed by atoms with Crippen LogP contribution in [0.1, 0.15) is 63.4 Å². The van der Waals surface area contributed by atoms with Gasteiger partial charge >= 0.3 is 0 Å². The maximum Gasteiger partial charge on any atom is 0.191 e. The van der Waals surface area contributed by atoms with E-state index in [1.165, 1.54) is 5.56 Å². The molecule has 0 radical (unpaired) electrons. The minimum Gasteiger partial charge on any atom is -0.388 e. The van der Waals surface area contributed by atoms with Crippen molar-refractivity contribution in [3.8, 4) is 0 Å². The van der Waals surface area contributed by atoms with Crippen LogP contribution in [0.5, 0.6) is 0 Å². The Morgan fingerprint density at radius 3 is 2.48 bits per heavy atom. The molecule has 0 aliphatic heterocycles. The first kappa shape index (κ1) is 22.9. The first-order valence-electron chi connectivity index (χ1n) is 10.8. The topological polar surface area (TPSA) is 74.5 Å². The van der Waals surface area contributed by atoms with Crippen LogP contribution in [0.25, 0.3) is 0 Å². The quantitative estimate of drug-likeness (QED) is 0.398. The Balaban J connectivity index is 2.02. The van der Waals surface area contributed by atoms with Crippen molar-refractivity contribution in [2.75, 3.05) is 13.1 Å². The predicted molar refractivity (Wildman–Crippen MR) is 120 cm³/mol. The van der Waals surface area contributed by atoms with Gasteiger partial charge in [-0.2, -0.15) is 0 Å². The van der Waals surface area contributed by atoms with Crippen LogP contribution in [0, 0.1) is 6.92 Å². The number of aryl methyl sites for hydroxylation is 1. The van der Waals surface area contributed by atoms with Crippen molar-refractivity contribution in [1.82, 2.24) is 20.2 Å². The molecule has 29 heavy (non-hydrogen) atoms. The maximum atomic E-state index is 10.8. The van der Waals surface area contributed by atoms with Gasteiger partial charge in [-0.1, -0.05) is 51.0 Å². The molecule has 0 spiro atoms. The minimum atomic E-state index is -0.678. The van der Waals surface area contributed by atoms with Crippen LogP contribution in [-0.4, -0.2) is 39.3 Å². The van der Waals surface area contributed by atoms with Crippen LogP contribution in [-0.2, 0) is 13.1 Å². The molecule has 0 saturated heterocycles. The van der Waals surface area contributed by atoms with Gasteiger partial charge in [-0.25, -0.2) is 9.98 Å². The van der Waals surface area contributed by atoms with Gasteiger partial charge in [0.05, 0.1) is 12.1 Å². The summed E-state index contributed by atoms with van der Waals surface area (Å²) in [6.45, 7) is 11.0. The van der Waals surface area contributed by atoms with Crippen molar-refractivity contribution in [2.45, 2.75) is 72.1 Å². The fourth-order valence-electron chi connectivity index (χ4n) is 3.59. The van der Waals surface area contributed by atoms with Crippen molar-refractivity contribution >= 4 is 5.96 Å². The fraction of sp³-hybridized carbons (Fsp3) is 0.565. The first-order valence-corrected chi connectivity index (χ1v) is 10.8. The number of nitrogens with one attached hydrogen (secondary N) is 2. The smallest absolute Gasteiger partial charge is 0.191 e. The molecule has 0 unspecified atom stereocenters. The Labute approximate surface area is 175 Å². The summed E-state index contributed by atoms with van der Waals surface area (Å²) in [6, 6.07) is 8.50. The Kier molecular flexibility index (Phi) is 9.19. The van der Waals surface area contributed by atoms with Gasteiger partial charge in [0, 0.05) is 32.0 Å². The normalized spacial score (nSPS) is 12.2. The van der Waals surface area contributed by atoms with E-state index in [0.717, 1.165) is 56.1 Å². The number of aromatic nitrogens is 2. The molecular weight excluding hydrogens is 362 g/mol. The van der Waals surface area contributed by atoms with E-state index in [1.54, 1.807) is 0 Å². The van der Waals surface area contributed by atoms with Crippen molar-refractivity contribution in [1.29, 1.82) is 0 Å². The van der Waals surface area contributed by atoms with Gasteiger partial charge in [-0.3, -0.25) is 0 Å². The van der Waals surface area contributed by atoms with Crippen LogP contribution in [0.2, 0.25) is 0 Å². The fourth-order valence-corrected chi connectivity index (χ4v) is 3.59. The summed E-state index contributed by atoms with van der Waals surface area (Å²) in [5.41, 5.74) is 1.72. The van der Waals surface area contributed by atoms with Gasteiger partial charge < -0.3 is 20.3 Å². The van der Waals surface area contributed by atoms with Crippen LogP contribution >= 0.6 is 0 Å². The molecule has 3 N–H and O–H groups in total. The van der Waals surface area contributed by atoms with E-state index in [-0.39, 0.29) is 0 Å².